The van der Waals surface area contributed by atoms with Crippen LogP contribution in [-0.4, -0.2) is 11.4 Å². The van der Waals surface area contributed by atoms with Crippen LogP contribution < -0.4 is 11.1 Å². The molecule has 1 amide bonds. The van der Waals surface area contributed by atoms with Crippen LogP contribution in [0.4, 0.5) is 5.69 Å². The van der Waals surface area contributed by atoms with E-state index in [1.54, 1.807) is 0 Å². The molecule has 17 heavy (non-hydrogen) atoms. The molecule has 2 rings (SSSR count). The summed E-state index contributed by atoms with van der Waals surface area (Å²) in [7, 11) is 0. The quantitative estimate of drug-likeness (QED) is 0.805. The van der Waals surface area contributed by atoms with E-state index in [0.717, 1.165) is 31.4 Å². The number of benzene rings is 1. The molecule has 0 saturated heterocycles. The van der Waals surface area contributed by atoms with Crippen LogP contribution >= 0.6 is 0 Å². The monoisotopic (exact) mass is 233 g/mol. The number of amides is 1. The maximum atomic E-state index is 12.2. The van der Waals surface area contributed by atoms with Gasteiger partial charge >= 0.3 is 0 Å². The highest BCUT2D eigenvalue weighted by Gasteiger charge is 2.39. The van der Waals surface area contributed by atoms with Crippen molar-refractivity contribution in [1.29, 1.82) is 0 Å². The highest BCUT2D eigenvalue weighted by molar-refractivity contribution is 5.96. The van der Waals surface area contributed by atoms with Gasteiger partial charge in [0.05, 0.1) is 0 Å². The van der Waals surface area contributed by atoms with Gasteiger partial charge in [0.25, 0.3) is 5.91 Å². The summed E-state index contributed by atoms with van der Waals surface area (Å²) in [5, 5.41) is 2.98. The van der Waals surface area contributed by atoms with E-state index in [1.807, 2.05) is 31.2 Å². The lowest BCUT2D eigenvalue weighted by Gasteiger charge is -2.28. The Bertz CT molecular complexity index is 391. The van der Waals surface area contributed by atoms with E-state index in [2.05, 4.69) is 11.1 Å². The second-order valence-corrected chi connectivity index (χ2v) is 5.16. The van der Waals surface area contributed by atoms with Crippen molar-refractivity contribution in [2.24, 2.45) is 0 Å². The smallest absolute Gasteiger partial charge is 0.285 e. The standard InChI is InChI=1S/C14H20N2O/c1-11-5-7-12(8-6-11)16-13(17)14(15)9-3-2-4-10-14/h5-8H,2-4,9-10,15H2,1H3,(H,16,17)/p+1. The molecule has 1 saturated carbocycles. The van der Waals surface area contributed by atoms with E-state index in [1.165, 1.54) is 12.0 Å². The lowest BCUT2D eigenvalue weighted by atomic mass is 9.82. The Kier molecular flexibility index (Phi) is 3.48. The predicted octanol–water partition coefficient (Wildman–Crippen LogP) is 1.88. The minimum Gasteiger partial charge on any atom is -0.345 e. The van der Waals surface area contributed by atoms with Gasteiger partial charge in [0.2, 0.25) is 0 Å². The molecule has 92 valence electrons. The van der Waals surface area contributed by atoms with Crippen molar-refractivity contribution in [3.63, 3.8) is 0 Å². The molecule has 0 aromatic heterocycles. The zero-order valence-corrected chi connectivity index (χ0v) is 10.5. The summed E-state index contributed by atoms with van der Waals surface area (Å²) in [5.41, 5.74) is 5.79. The molecule has 3 heteroatoms. The molecule has 1 fully saturated rings. The minimum atomic E-state index is -0.414. The zero-order chi connectivity index (χ0) is 12.3. The average molecular weight is 233 g/mol. The van der Waals surface area contributed by atoms with Gasteiger partial charge in [-0.3, -0.25) is 4.79 Å². The first-order chi connectivity index (χ1) is 8.10. The summed E-state index contributed by atoms with van der Waals surface area (Å²) >= 11 is 0. The molecule has 1 aromatic carbocycles. The molecule has 0 bridgehead atoms. The molecular formula is C14H21N2O+. The molecule has 1 aliphatic carbocycles. The fraction of sp³-hybridized carbons (Fsp3) is 0.500. The minimum absolute atomic E-state index is 0.0704. The Morgan fingerprint density at radius 1 is 1.18 bits per heavy atom. The van der Waals surface area contributed by atoms with E-state index in [9.17, 15) is 4.79 Å². The molecule has 3 nitrogen and oxygen atoms in total. The van der Waals surface area contributed by atoms with Crippen molar-refractivity contribution >= 4 is 11.6 Å². The summed E-state index contributed by atoms with van der Waals surface area (Å²) < 4.78 is 0. The van der Waals surface area contributed by atoms with Crippen LogP contribution in [0.3, 0.4) is 0 Å². The highest BCUT2D eigenvalue weighted by atomic mass is 16.2. The summed E-state index contributed by atoms with van der Waals surface area (Å²) in [6.07, 6.45) is 5.28. The third kappa shape index (κ3) is 2.86. The molecule has 0 aliphatic heterocycles. The first-order valence-electron chi connectivity index (χ1n) is 6.34. The average Bonchev–Trinajstić information content (AvgIpc) is 2.33. The SMILES string of the molecule is Cc1ccc(NC(=O)C2([NH3+])CCCCC2)cc1. The number of nitrogens with one attached hydrogen (secondary N) is 1. The fourth-order valence-corrected chi connectivity index (χ4v) is 2.36. The van der Waals surface area contributed by atoms with Gasteiger partial charge in [-0.25, -0.2) is 0 Å². The van der Waals surface area contributed by atoms with E-state index in [0.29, 0.717) is 0 Å². The summed E-state index contributed by atoms with van der Waals surface area (Å²) in [6, 6.07) is 7.90. The number of hydrogen-bond donors (Lipinski definition) is 2. The number of carbonyl (C=O) groups excluding carboxylic acids is 1. The van der Waals surface area contributed by atoms with Crippen molar-refractivity contribution in [2.75, 3.05) is 5.32 Å². The number of rotatable bonds is 2. The van der Waals surface area contributed by atoms with E-state index >= 15 is 0 Å². The second-order valence-electron chi connectivity index (χ2n) is 5.16. The van der Waals surface area contributed by atoms with Crippen LogP contribution in [0.2, 0.25) is 0 Å². The zero-order valence-electron chi connectivity index (χ0n) is 10.5. The number of aryl methyl sites for hydroxylation is 1. The molecule has 0 spiro atoms. The Hall–Kier alpha value is -1.35. The molecule has 0 unspecified atom stereocenters. The largest absolute Gasteiger partial charge is 0.345 e. The van der Waals surface area contributed by atoms with Gasteiger partial charge in [0.15, 0.2) is 5.54 Å². The first kappa shape index (κ1) is 12.1. The normalized spacial score (nSPS) is 18.7. The highest BCUT2D eigenvalue weighted by Crippen LogP contribution is 2.25. The Labute approximate surface area is 102 Å². The van der Waals surface area contributed by atoms with Crippen molar-refractivity contribution in [3.8, 4) is 0 Å². The summed E-state index contributed by atoms with van der Waals surface area (Å²) in [6.45, 7) is 2.04. The van der Waals surface area contributed by atoms with Gasteiger partial charge in [-0.2, -0.15) is 0 Å². The van der Waals surface area contributed by atoms with Gasteiger partial charge in [-0.1, -0.05) is 24.1 Å². The third-order valence-corrected chi connectivity index (χ3v) is 3.60. The Balaban J connectivity index is 2.03. The number of quaternary nitrogens is 1. The van der Waals surface area contributed by atoms with Crippen molar-refractivity contribution in [2.45, 2.75) is 44.6 Å². The van der Waals surface area contributed by atoms with Gasteiger partial charge in [-0.05, 0) is 31.9 Å². The number of hydrogen-bond acceptors (Lipinski definition) is 1. The van der Waals surface area contributed by atoms with Gasteiger partial charge in [-0.15, -0.1) is 0 Å². The maximum Gasteiger partial charge on any atom is 0.285 e. The van der Waals surface area contributed by atoms with Crippen molar-refractivity contribution in [3.05, 3.63) is 29.8 Å². The molecular weight excluding hydrogens is 212 g/mol. The number of anilines is 1. The van der Waals surface area contributed by atoms with Gasteiger partial charge in [0.1, 0.15) is 0 Å². The predicted molar refractivity (Wildman–Crippen MR) is 68.5 cm³/mol. The molecule has 4 N–H and O–H groups in total. The van der Waals surface area contributed by atoms with E-state index in [4.69, 9.17) is 0 Å². The van der Waals surface area contributed by atoms with Crippen LogP contribution in [0.25, 0.3) is 0 Å². The lowest BCUT2D eigenvalue weighted by molar-refractivity contribution is -0.463. The summed E-state index contributed by atoms with van der Waals surface area (Å²) in [5.74, 6) is 0.0704. The van der Waals surface area contributed by atoms with Crippen LogP contribution in [0.5, 0.6) is 0 Å². The van der Waals surface area contributed by atoms with Crippen LogP contribution in [0.15, 0.2) is 24.3 Å². The van der Waals surface area contributed by atoms with Crippen molar-refractivity contribution in [1.82, 2.24) is 0 Å². The number of carbonyl (C=O) groups is 1. The lowest BCUT2D eigenvalue weighted by Crippen LogP contribution is -2.78. The van der Waals surface area contributed by atoms with Crippen LogP contribution in [0, 0.1) is 6.92 Å². The molecule has 0 heterocycles. The van der Waals surface area contributed by atoms with Gasteiger partial charge < -0.3 is 11.1 Å². The Morgan fingerprint density at radius 2 is 1.76 bits per heavy atom. The maximum absolute atomic E-state index is 12.2. The fourth-order valence-electron chi connectivity index (χ4n) is 2.36. The van der Waals surface area contributed by atoms with E-state index in [-0.39, 0.29) is 5.91 Å². The topological polar surface area (TPSA) is 56.7 Å². The van der Waals surface area contributed by atoms with Crippen LogP contribution in [0.1, 0.15) is 37.7 Å². The molecule has 0 radical (unpaired) electrons. The van der Waals surface area contributed by atoms with Gasteiger partial charge in [0, 0.05) is 18.5 Å². The molecule has 1 aromatic rings. The Morgan fingerprint density at radius 3 is 2.35 bits per heavy atom. The third-order valence-electron chi connectivity index (χ3n) is 3.60. The molecule has 0 atom stereocenters. The van der Waals surface area contributed by atoms with E-state index < -0.39 is 5.54 Å². The molecule has 1 aliphatic rings. The summed E-state index contributed by atoms with van der Waals surface area (Å²) in [4.78, 5) is 12.2. The first-order valence-corrected chi connectivity index (χ1v) is 6.34. The van der Waals surface area contributed by atoms with Crippen molar-refractivity contribution < 1.29 is 10.5 Å². The van der Waals surface area contributed by atoms with Crippen LogP contribution in [-0.2, 0) is 4.79 Å². The second kappa shape index (κ2) is 4.88.